The Bertz CT molecular complexity index is 813. The summed E-state index contributed by atoms with van der Waals surface area (Å²) < 4.78 is 10.2. The maximum Gasteiger partial charge on any atom is 0.273 e. The molecule has 1 fully saturated rings. The Balaban J connectivity index is 1.59. The first kappa shape index (κ1) is 18.3. The van der Waals surface area contributed by atoms with Crippen molar-refractivity contribution >= 4 is 23.4 Å². The third kappa shape index (κ3) is 3.99. The van der Waals surface area contributed by atoms with Crippen LogP contribution >= 0.6 is 11.6 Å². The van der Waals surface area contributed by atoms with Crippen molar-refractivity contribution in [1.82, 2.24) is 15.4 Å². The van der Waals surface area contributed by atoms with Gasteiger partial charge in [0.15, 0.2) is 5.69 Å². The summed E-state index contributed by atoms with van der Waals surface area (Å²) in [5.74, 6) is 0.701. The highest BCUT2D eigenvalue weighted by atomic mass is 35.5. The van der Waals surface area contributed by atoms with E-state index in [9.17, 15) is 9.59 Å². The second-order valence-corrected chi connectivity index (χ2v) is 6.64. The molecule has 0 unspecified atom stereocenters. The normalized spacial score (nSPS) is 15.0. The summed E-state index contributed by atoms with van der Waals surface area (Å²) in [5.41, 5.74) is 0.713. The predicted molar refractivity (Wildman–Crippen MR) is 95.6 cm³/mol. The minimum Gasteiger partial charge on any atom is -0.496 e. The van der Waals surface area contributed by atoms with Gasteiger partial charge in [-0.15, -0.1) is 0 Å². The van der Waals surface area contributed by atoms with Crippen LogP contribution in [0.15, 0.2) is 28.8 Å². The summed E-state index contributed by atoms with van der Waals surface area (Å²) in [6, 6.07) is 6.57. The lowest BCUT2D eigenvalue weighted by molar-refractivity contribution is 0.0694. The Labute approximate surface area is 156 Å². The van der Waals surface area contributed by atoms with Gasteiger partial charge in [0, 0.05) is 30.2 Å². The van der Waals surface area contributed by atoms with E-state index in [1.165, 1.54) is 7.11 Å². The standard InChI is InChI=1S/C18H20ClN3O4/c1-11-9-15(21-26-11)17(23)20-13-5-7-22(8-6-13)18(24)14-10-12(19)3-4-16(14)25-2/h3-4,9-10,13H,5-8H2,1-2H3,(H,20,23). The van der Waals surface area contributed by atoms with E-state index in [1.54, 1.807) is 36.1 Å². The number of methoxy groups -OCH3 is 1. The number of ether oxygens (including phenoxy) is 1. The van der Waals surface area contributed by atoms with E-state index in [0.717, 1.165) is 0 Å². The lowest BCUT2D eigenvalue weighted by Crippen LogP contribution is -2.46. The molecule has 26 heavy (non-hydrogen) atoms. The van der Waals surface area contributed by atoms with Gasteiger partial charge in [-0.3, -0.25) is 9.59 Å². The summed E-state index contributed by atoms with van der Waals surface area (Å²) in [4.78, 5) is 26.6. The van der Waals surface area contributed by atoms with Crippen LogP contribution in [0.3, 0.4) is 0 Å². The van der Waals surface area contributed by atoms with Crippen molar-refractivity contribution in [3.63, 3.8) is 0 Å². The van der Waals surface area contributed by atoms with Gasteiger partial charge >= 0.3 is 0 Å². The Morgan fingerprint density at radius 2 is 2.04 bits per heavy atom. The number of aromatic nitrogens is 1. The molecular formula is C18H20ClN3O4. The number of nitrogens with one attached hydrogen (secondary N) is 1. The molecule has 8 heteroatoms. The van der Waals surface area contributed by atoms with Crippen molar-refractivity contribution in [3.8, 4) is 5.75 Å². The highest BCUT2D eigenvalue weighted by Gasteiger charge is 2.27. The molecule has 0 saturated carbocycles. The molecule has 1 N–H and O–H groups in total. The first-order chi connectivity index (χ1) is 12.5. The Hall–Kier alpha value is -2.54. The average molecular weight is 378 g/mol. The smallest absolute Gasteiger partial charge is 0.273 e. The van der Waals surface area contributed by atoms with Crippen LogP contribution in [0.1, 0.15) is 39.4 Å². The van der Waals surface area contributed by atoms with Crippen LogP contribution in [0, 0.1) is 6.92 Å². The van der Waals surface area contributed by atoms with Crippen molar-refractivity contribution < 1.29 is 18.8 Å². The van der Waals surface area contributed by atoms with Crippen LogP contribution in [0.25, 0.3) is 0 Å². The van der Waals surface area contributed by atoms with Crippen LogP contribution in [0.5, 0.6) is 5.75 Å². The Morgan fingerprint density at radius 1 is 1.31 bits per heavy atom. The molecule has 0 aliphatic carbocycles. The van der Waals surface area contributed by atoms with Crippen molar-refractivity contribution in [1.29, 1.82) is 0 Å². The van der Waals surface area contributed by atoms with E-state index in [2.05, 4.69) is 10.5 Å². The molecular weight excluding hydrogens is 358 g/mol. The molecule has 7 nitrogen and oxygen atoms in total. The number of likely N-dealkylation sites (tertiary alicyclic amines) is 1. The molecule has 2 amide bonds. The molecule has 0 atom stereocenters. The zero-order valence-electron chi connectivity index (χ0n) is 14.6. The molecule has 1 aliphatic heterocycles. The van der Waals surface area contributed by atoms with E-state index in [1.807, 2.05) is 0 Å². The molecule has 0 radical (unpaired) electrons. The third-order valence-corrected chi connectivity index (χ3v) is 4.61. The maximum atomic E-state index is 12.8. The zero-order valence-corrected chi connectivity index (χ0v) is 15.4. The lowest BCUT2D eigenvalue weighted by Gasteiger charge is -2.32. The number of carbonyl (C=O) groups excluding carboxylic acids is 2. The SMILES string of the molecule is COc1ccc(Cl)cc1C(=O)N1CCC(NC(=O)c2cc(C)on2)CC1. The predicted octanol–water partition coefficient (Wildman–Crippen LogP) is 2.68. The van der Waals surface area contributed by atoms with Crippen LogP contribution in [-0.4, -0.2) is 48.1 Å². The molecule has 1 aromatic carbocycles. The van der Waals surface area contributed by atoms with E-state index in [-0.39, 0.29) is 23.6 Å². The second kappa shape index (κ2) is 7.78. The molecule has 2 aromatic rings. The minimum absolute atomic E-state index is 0.00943. The minimum atomic E-state index is -0.261. The fraction of sp³-hybridized carbons (Fsp3) is 0.389. The topological polar surface area (TPSA) is 84.7 Å². The number of hydrogen-bond donors (Lipinski definition) is 1. The number of carbonyl (C=O) groups is 2. The summed E-state index contributed by atoms with van der Waals surface area (Å²) in [6.07, 6.45) is 1.33. The largest absolute Gasteiger partial charge is 0.496 e. The van der Waals surface area contributed by atoms with Crippen molar-refractivity contribution in [2.75, 3.05) is 20.2 Å². The number of rotatable bonds is 4. The number of halogens is 1. The number of benzene rings is 1. The van der Waals surface area contributed by atoms with Gasteiger partial charge in [-0.2, -0.15) is 0 Å². The summed E-state index contributed by atoms with van der Waals surface area (Å²) in [7, 11) is 1.52. The van der Waals surface area contributed by atoms with Crippen LogP contribution in [0.4, 0.5) is 0 Å². The van der Waals surface area contributed by atoms with Gasteiger partial charge in [-0.1, -0.05) is 16.8 Å². The monoisotopic (exact) mass is 377 g/mol. The highest BCUT2D eigenvalue weighted by molar-refractivity contribution is 6.31. The number of hydrogen-bond acceptors (Lipinski definition) is 5. The first-order valence-corrected chi connectivity index (χ1v) is 8.72. The van der Waals surface area contributed by atoms with Gasteiger partial charge in [0.05, 0.1) is 12.7 Å². The average Bonchev–Trinajstić information content (AvgIpc) is 3.08. The van der Waals surface area contributed by atoms with Gasteiger partial charge in [0.1, 0.15) is 11.5 Å². The third-order valence-electron chi connectivity index (χ3n) is 4.37. The van der Waals surface area contributed by atoms with Crippen molar-refractivity contribution in [3.05, 3.63) is 46.3 Å². The molecule has 1 saturated heterocycles. The van der Waals surface area contributed by atoms with Gasteiger partial charge in [-0.25, -0.2) is 0 Å². The highest BCUT2D eigenvalue weighted by Crippen LogP contribution is 2.25. The molecule has 138 valence electrons. The van der Waals surface area contributed by atoms with E-state index < -0.39 is 0 Å². The second-order valence-electron chi connectivity index (χ2n) is 6.21. The maximum absolute atomic E-state index is 12.8. The number of piperidine rings is 1. The molecule has 3 rings (SSSR count). The molecule has 0 spiro atoms. The number of nitrogens with zero attached hydrogens (tertiary/aromatic N) is 2. The number of amides is 2. The quantitative estimate of drug-likeness (QED) is 0.885. The molecule has 0 bridgehead atoms. The summed E-state index contributed by atoms with van der Waals surface area (Å²) in [6.45, 7) is 2.81. The van der Waals surface area contributed by atoms with Crippen molar-refractivity contribution in [2.24, 2.45) is 0 Å². The van der Waals surface area contributed by atoms with Crippen LogP contribution in [-0.2, 0) is 0 Å². The molecule has 1 aromatic heterocycles. The van der Waals surface area contributed by atoms with Gasteiger partial charge in [-0.05, 0) is 38.0 Å². The fourth-order valence-electron chi connectivity index (χ4n) is 2.98. The van der Waals surface area contributed by atoms with Gasteiger partial charge < -0.3 is 19.5 Å². The van der Waals surface area contributed by atoms with Gasteiger partial charge in [0.2, 0.25) is 0 Å². The van der Waals surface area contributed by atoms with Gasteiger partial charge in [0.25, 0.3) is 11.8 Å². The number of aryl methyl sites for hydroxylation is 1. The summed E-state index contributed by atoms with van der Waals surface area (Å²) >= 11 is 6.01. The fourth-order valence-corrected chi connectivity index (χ4v) is 3.15. The Kier molecular flexibility index (Phi) is 5.46. The van der Waals surface area contributed by atoms with E-state index in [4.69, 9.17) is 20.9 Å². The summed E-state index contributed by atoms with van der Waals surface area (Å²) in [5, 5.41) is 7.13. The molecule has 1 aliphatic rings. The first-order valence-electron chi connectivity index (χ1n) is 8.35. The Morgan fingerprint density at radius 3 is 2.65 bits per heavy atom. The van der Waals surface area contributed by atoms with Crippen LogP contribution in [0.2, 0.25) is 5.02 Å². The zero-order chi connectivity index (χ0) is 18.7. The van der Waals surface area contributed by atoms with Crippen LogP contribution < -0.4 is 10.1 Å². The lowest BCUT2D eigenvalue weighted by atomic mass is 10.0. The van der Waals surface area contributed by atoms with E-state index in [0.29, 0.717) is 48.0 Å². The van der Waals surface area contributed by atoms with Crippen molar-refractivity contribution in [2.45, 2.75) is 25.8 Å². The molecule has 2 heterocycles. The van der Waals surface area contributed by atoms with E-state index >= 15 is 0 Å².